The number of nitrogens with one attached hydrogen (secondary N) is 1. The predicted molar refractivity (Wildman–Crippen MR) is 99.9 cm³/mol. The number of benzene rings is 2. The summed E-state index contributed by atoms with van der Waals surface area (Å²) in [7, 11) is 0. The van der Waals surface area contributed by atoms with E-state index in [1.54, 1.807) is 0 Å². The number of hydrogen-bond donors (Lipinski definition) is 1. The Morgan fingerprint density at radius 1 is 1.12 bits per heavy atom. The number of nitrogens with zero attached hydrogens (tertiary/aromatic N) is 1. The third-order valence-electron chi connectivity index (χ3n) is 4.46. The summed E-state index contributed by atoms with van der Waals surface area (Å²) in [6, 6.07) is 15.7. The van der Waals surface area contributed by atoms with Gasteiger partial charge in [-0.15, -0.1) is 0 Å². The summed E-state index contributed by atoms with van der Waals surface area (Å²) in [5.41, 5.74) is 1.20. The van der Waals surface area contributed by atoms with E-state index < -0.39 is 0 Å². The quantitative estimate of drug-likeness (QED) is 0.867. The largest absolute Gasteiger partial charge is 0.351 e. The molecule has 1 amide bonds. The highest BCUT2D eigenvalue weighted by atomic mass is 16.1. The van der Waals surface area contributed by atoms with Crippen LogP contribution in [0.5, 0.6) is 0 Å². The van der Waals surface area contributed by atoms with Gasteiger partial charge in [0.1, 0.15) is 0 Å². The van der Waals surface area contributed by atoms with Crippen molar-refractivity contribution in [3.05, 3.63) is 48.0 Å². The van der Waals surface area contributed by atoms with Crippen LogP contribution in [0.15, 0.2) is 42.5 Å². The molecule has 0 atom stereocenters. The predicted octanol–water partition coefficient (Wildman–Crippen LogP) is 4.11. The Morgan fingerprint density at radius 3 is 2.54 bits per heavy atom. The van der Waals surface area contributed by atoms with Crippen molar-refractivity contribution in [2.45, 2.75) is 58.2 Å². The molecule has 0 radical (unpaired) electrons. The maximum absolute atomic E-state index is 12.1. The van der Waals surface area contributed by atoms with Crippen LogP contribution in [0.2, 0.25) is 0 Å². The third-order valence-corrected chi connectivity index (χ3v) is 4.46. The van der Waals surface area contributed by atoms with Crippen LogP contribution < -0.4 is 5.32 Å². The SMILES string of the molecule is CC(C)(C)NC(=O)CCN(Cc1cccc2ccccc12)C1CC1. The lowest BCUT2D eigenvalue weighted by Gasteiger charge is -2.25. The summed E-state index contributed by atoms with van der Waals surface area (Å²) in [6.45, 7) is 7.84. The molecule has 0 unspecified atom stereocenters. The Bertz CT molecular complexity index is 708. The summed E-state index contributed by atoms with van der Waals surface area (Å²) >= 11 is 0. The van der Waals surface area contributed by atoms with Crippen LogP contribution in [-0.4, -0.2) is 28.9 Å². The van der Waals surface area contributed by atoms with Crippen LogP contribution in [-0.2, 0) is 11.3 Å². The second-order valence-corrected chi connectivity index (χ2v) is 7.89. The number of carbonyl (C=O) groups excluding carboxylic acids is 1. The first-order chi connectivity index (χ1) is 11.4. The zero-order valence-electron chi connectivity index (χ0n) is 15.0. The molecule has 0 saturated heterocycles. The molecule has 3 nitrogen and oxygen atoms in total. The highest BCUT2D eigenvalue weighted by Gasteiger charge is 2.29. The van der Waals surface area contributed by atoms with Gasteiger partial charge >= 0.3 is 0 Å². The van der Waals surface area contributed by atoms with E-state index in [1.807, 2.05) is 20.8 Å². The molecule has 2 aromatic rings. The van der Waals surface area contributed by atoms with E-state index in [2.05, 4.69) is 52.7 Å². The minimum absolute atomic E-state index is 0.145. The lowest BCUT2D eigenvalue weighted by molar-refractivity contribution is -0.122. The first kappa shape index (κ1) is 17.0. The molecule has 24 heavy (non-hydrogen) atoms. The molecule has 1 aliphatic carbocycles. The van der Waals surface area contributed by atoms with Crippen LogP contribution in [0, 0.1) is 0 Å². The van der Waals surface area contributed by atoms with Gasteiger partial charge in [-0.2, -0.15) is 0 Å². The minimum Gasteiger partial charge on any atom is -0.351 e. The zero-order valence-corrected chi connectivity index (χ0v) is 15.0. The number of fused-ring (bicyclic) bond motifs is 1. The molecule has 0 spiro atoms. The first-order valence-corrected chi connectivity index (χ1v) is 8.94. The maximum atomic E-state index is 12.1. The van der Waals surface area contributed by atoms with E-state index in [1.165, 1.54) is 29.2 Å². The van der Waals surface area contributed by atoms with Crippen molar-refractivity contribution in [1.29, 1.82) is 0 Å². The lowest BCUT2D eigenvalue weighted by atomic mass is 10.0. The van der Waals surface area contributed by atoms with Crippen molar-refractivity contribution >= 4 is 16.7 Å². The second kappa shape index (κ2) is 6.94. The monoisotopic (exact) mass is 324 g/mol. The maximum Gasteiger partial charge on any atom is 0.221 e. The van der Waals surface area contributed by atoms with Gasteiger partial charge in [0.15, 0.2) is 0 Å². The van der Waals surface area contributed by atoms with E-state index in [0.29, 0.717) is 12.5 Å². The summed E-state index contributed by atoms with van der Waals surface area (Å²) in [6.07, 6.45) is 3.08. The molecule has 2 aromatic carbocycles. The molecule has 0 bridgehead atoms. The summed E-state index contributed by atoms with van der Waals surface area (Å²) < 4.78 is 0. The van der Waals surface area contributed by atoms with Crippen molar-refractivity contribution in [2.24, 2.45) is 0 Å². The van der Waals surface area contributed by atoms with Crippen LogP contribution in [0.4, 0.5) is 0 Å². The lowest BCUT2D eigenvalue weighted by Crippen LogP contribution is -2.42. The van der Waals surface area contributed by atoms with Crippen LogP contribution in [0.3, 0.4) is 0 Å². The van der Waals surface area contributed by atoms with Crippen molar-refractivity contribution in [1.82, 2.24) is 10.2 Å². The van der Waals surface area contributed by atoms with Crippen molar-refractivity contribution < 1.29 is 4.79 Å². The second-order valence-electron chi connectivity index (χ2n) is 7.89. The zero-order chi connectivity index (χ0) is 17.2. The highest BCUT2D eigenvalue weighted by Crippen LogP contribution is 2.30. The van der Waals surface area contributed by atoms with Gasteiger partial charge in [-0.3, -0.25) is 9.69 Å². The fourth-order valence-corrected chi connectivity index (χ4v) is 3.21. The molecule has 1 saturated carbocycles. The normalized spacial score (nSPS) is 15.0. The molecular weight excluding hydrogens is 296 g/mol. The van der Waals surface area contributed by atoms with Crippen molar-refractivity contribution in [3.8, 4) is 0 Å². The number of carbonyl (C=O) groups is 1. The molecule has 1 N–H and O–H groups in total. The van der Waals surface area contributed by atoms with Gasteiger partial charge in [0.05, 0.1) is 0 Å². The molecule has 128 valence electrons. The topological polar surface area (TPSA) is 32.3 Å². The molecule has 3 heteroatoms. The number of hydrogen-bond acceptors (Lipinski definition) is 2. The standard InChI is InChI=1S/C21H28N2O/c1-21(2,3)22-20(24)13-14-23(18-11-12-18)15-17-9-6-8-16-7-4-5-10-19(16)17/h4-10,18H,11-15H2,1-3H3,(H,22,24). The highest BCUT2D eigenvalue weighted by molar-refractivity contribution is 5.85. The van der Waals surface area contributed by atoms with Gasteiger partial charge in [0.2, 0.25) is 5.91 Å². The molecule has 0 aliphatic heterocycles. The minimum atomic E-state index is -0.156. The molecule has 1 fully saturated rings. The van der Waals surface area contributed by atoms with Gasteiger partial charge in [-0.25, -0.2) is 0 Å². The van der Waals surface area contributed by atoms with Gasteiger partial charge in [0, 0.05) is 31.1 Å². The Labute approximate surface area is 145 Å². The first-order valence-electron chi connectivity index (χ1n) is 8.94. The average molecular weight is 324 g/mol. The molecular formula is C21H28N2O. The molecule has 1 aliphatic rings. The molecule has 0 heterocycles. The van der Waals surface area contributed by atoms with E-state index in [4.69, 9.17) is 0 Å². The molecule has 0 aromatic heterocycles. The Morgan fingerprint density at radius 2 is 1.83 bits per heavy atom. The van der Waals surface area contributed by atoms with E-state index in [9.17, 15) is 4.79 Å². The van der Waals surface area contributed by atoms with Crippen molar-refractivity contribution in [2.75, 3.05) is 6.54 Å². The van der Waals surface area contributed by atoms with E-state index in [-0.39, 0.29) is 11.4 Å². The number of amides is 1. The summed E-state index contributed by atoms with van der Waals surface area (Å²) in [4.78, 5) is 14.6. The van der Waals surface area contributed by atoms with Gasteiger partial charge in [0.25, 0.3) is 0 Å². The van der Waals surface area contributed by atoms with Crippen LogP contribution in [0.1, 0.15) is 45.6 Å². The Balaban J connectivity index is 1.67. The fourth-order valence-electron chi connectivity index (χ4n) is 3.21. The Hall–Kier alpha value is -1.87. The van der Waals surface area contributed by atoms with Gasteiger partial charge < -0.3 is 5.32 Å². The number of rotatable bonds is 6. The van der Waals surface area contributed by atoms with Crippen LogP contribution >= 0.6 is 0 Å². The van der Waals surface area contributed by atoms with Crippen molar-refractivity contribution in [3.63, 3.8) is 0 Å². The van der Waals surface area contributed by atoms with Gasteiger partial charge in [-0.05, 0) is 49.9 Å². The Kier molecular flexibility index (Phi) is 4.91. The van der Waals surface area contributed by atoms with E-state index >= 15 is 0 Å². The van der Waals surface area contributed by atoms with Gasteiger partial charge in [-0.1, -0.05) is 42.5 Å². The fraction of sp³-hybridized carbons (Fsp3) is 0.476. The smallest absolute Gasteiger partial charge is 0.221 e. The average Bonchev–Trinajstić information content (AvgIpc) is 3.34. The molecule has 3 rings (SSSR count). The summed E-state index contributed by atoms with van der Waals surface area (Å²) in [5.74, 6) is 0.145. The summed E-state index contributed by atoms with van der Waals surface area (Å²) in [5, 5.41) is 5.67. The van der Waals surface area contributed by atoms with Crippen LogP contribution in [0.25, 0.3) is 10.8 Å². The third kappa shape index (κ3) is 4.57. The van der Waals surface area contributed by atoms with E-state index in [0.717, 1.165) is 13.1 Å².